The molecule has 5 nitrogen and oxygen atoms in total. The van der Waals surface area contributed by atoms with Crippen molar-refractivity contribution < 1.29 is 14.3 Å². The molecule has 0 amide bonds. The molecule has 0 aliphatic rings. The average molecular weight is 327 g/mol. The Labute approximate surface area is 119 Å². The van der Waals surface area contributed by atoms with Gasteiger partial charge < -0.3 is 14.0 Å². The summed E-state index contributed by atoms with van der Waals surface area (Å²) < 4.78 is 12.9. The maximum Gasteiger partial charge on any atom is 0.342 e. The summed E-state index contributed by atoms with van der Waals surface area (Å²) in [5.41, 5.74) is 2.76. The number of rotatable bonds is 3. The summed E-state index contributed by atoms with van der Waals surface area (Å²) >= 11 is 3.40. The highest BCUT2D eigenvalue weighted by atomic mass is 79.9. The van der Waals surface area contributed by atoms with Crippen LogP contribution in [0.15, 0.2) is 10.5 Å². The Hall–Kier alpha value is -1.56. The van der Waals surface area contributed by atoms with E-state index in [1.807, 2.05) is 24.6 Å². The molecule has 0 bridgehead atoms. The van der Waals surface area contributed by atoms with E-state index < -0.39 is 0 Å². The molecule has 0 atom stereocenters. The number of esters is 1. The summed E-state index contributed by atoms with van der Waals surface area (Å²) in [7, 11) is 3.43. The molecule has 0 aliphatic heterocycles. The molecule has 0 unspecified atom stereocenters. The fourth-order valence-corrected chi connectivity index (χ4v) is 2.48. The van der Waals surface area contributed by atoms with Crippen LogP contribution < -0.4 is 4.74 Å². The van der Waals surface area contributed by atoms with Crippen molar-refractivity contribution in [2.24, 2.45) is 7.05 Å². The molecule has 2 aromatic heterocycles. The fourth-order valence-electron chi connectivity index (χ4n) is 2.01. The molecule has 2 rings (SSSR count). The number of hydrogen-bond donors (Lipinski definition) is 0. The number of hydrogen-bond acceptors (Lipinski definition) is 4. The van der Waals surface area contributed by atoms with Gasteiger partial charge in [0.25, 0.3) is 0 Å². The molecular weight excluding hydrogens is 312 g/mol. The predicted molar refractivity (Wildman–Crippen MR) is 75.7 cm³/mol. The molecule has 0 aliphatic carbocycles. The smallest absolute Gasteiger partial charge is 0.342 e. The molecule has 0 fully saturated rings. The third-order valence-corrected chi connectivity index (χ3v) is 3.63. The minimum absolute atomic E-state index is 0.336. The normalized spacial score (nSPS) is 10.8. The molecule has 0 saturated heterocycles. The monoisotopic (exact) mass is 326 g/mol. The number of nitrogens with zero attached hydrogens (tertiary/aromatic N) is 2. The summed E-state index contributed by atoms with van der Waals surface area (Å²) in [6.45, 7) is 3.99. The Kier molecular flexibility index (Phi) is 3.80. The van der Waals surface area contributed by atoms with E-state index in [0.717, 1.165) is 15.7 Å². The largest absolute Gasteiger partial charge is 0.480 e. The third kappa shape index (κ3) is 2.20. The number of fused-ring (bicyclic) bond motifs is 1. The van der Waals surface area contributed by atoms with Crippen molar-refractivity contribution in [1.29, 1.82) is 0 Å². The molecule has 2 heterocycles. The zero-order valence-corrected chi connectivity index (χ0v) is 12.9. The van der Waals surface area contributed by atoms with Gasteiger partial charge in [0.15, 0.2) is 0 Å². The van der Waals surface area contributed by atoms with Gasteiger partial charge in [-0.3, -0.25) is 0 Å². The van der Waals surface area contributed by atoms with Gasteiger partial charge in [0, 0.05) is 12.7 Å². The van der Waals surface area contributed by atoms with Gasteiger partial charge in [-0.1, -0.05) is 0 Å². The highest BCUT2D eigenvalue weighted by Gasteiger charge is 2.22. The van der Waals surface area contributed by atoms with Crippen molar-refractivity contribution in [3.05, 3.63) is 21.8 Å². The van der Waals surface area contributed by atoms with Crippen LogP contribution in [0.5, 0.6) is 5.88 Å². The SMILES string of the molecule is CCOC(=O)c1c(C)n(C)c2cc(Br)c(OC)nc12. The molecule has 102 valence electrons. The number of aromatic nitrogens is 2. The molecule has 0 radical (unpaired) electrons. The first kappa shape index (κ1) is 13.9. The number of halogens is 1. The topological polar surface area (TPSA) is 53.4 Å². The fraction of sp³-hybridized carbons (Fsp3) is 0.385. The van der Waals surface area contributed by atoms with Crippen LogP contribution in [0.3, 0.4) is 0 Å². The van der Waals surface area contributed by atoms with Gasteiger partial charge in [-0.2, -0.15) is 0 Å². The Balaban J connectivity index is 2.76. The van der Waals surface area contributed by atoms with E-state index in [4.69, 9.17) is 9.47 Å². The van der Waals surface area contributed by atoms with Crippen LogP contribution in [-0.4, -0.2) is 29.2 Å². The number of carbonyl (C=O) groups excluding carboxylic acids is 1. The predicted octanol–water partition coefficient (Wildman–Crippen LogP) is 2.83. The molecular formula is C13H15BrN2O3. The minimum Gasteiger partial charge on any atom is -0.480 e. The standard InChI is InChI=1S/C13H15BrN2O3/c1-5-19-13(17)10-7(2)16(3)9-6-8(14)12(18-4)15-11(9)10/h6H,5H2,1-4H3. The van der Waals surface area contributed by atoms with E-state index in [2.05, 4.69) is 20.9 Å². The van der Waals surface area contributed by atoms with E-state index in [1.165, 1.54) is 0 Å². The van der Waals surface area contributed by atoms with Crippen molar-refractivity contribution in [1.82, 2.24) is 9.55 Å². The summed E-state index contributed by atoms with van der Waals surface area (Å²) in [5.74, 6) is 0.0890. The van der Waals surface area contributed by atoms with Crippen molar-refractivity contribution in [3.63, 3.8) is 0 Å². The highest BCUT2D eigenvalue weighted by Crippen LogP contribution is 2.31. The van der Waals surface area contributed by atoms with Gasteiger partial charge in [0.2, 0.25) is 5.88 Å². The summed E-state index contributed by atoms with van der Waals surface area (Å²) in [5, 5.41) is 0. The van der Waals surface area contributed by atoms with Gasteiger partial charge in [0.05, 0.1) is 23.7 Å². The molecule has 19 heavy (non-hydrogen) atoms. The molecule has 0 N–H and O–H groups in total. The maximum atomic E-state index is 12.0. The van der Waals surface area contributed by atoms with E-state index >= 15 is 0 Å². The lowest BCUT2D eigenvalue weighted by Gasteiger charge is -2.04. The van der Waals surface area contributed by atoms with Gasteiger partial charge in [-0.15, -0.1) is 0 Å². The van der Waals surface area contributed by atoms with Crippen LogP contribution in [0.2, 0.25) is 0 Å². The second kappa shape index (κ2) is 5.21. The quantitative estimate of drug-likeness (QED) is 0.814. The lowest BCUT2D eigenvalue weighted by molar-refractivity contribution is 0.0527. The second-order valence-corrected chi connectivity index (χ2v) is 4.94. The molecule has 0 saturated carbocycles. The van der Waals surface area contributed by atoms with Crippen LogP contribution in [0.1, 0.15) is 23.0 Å². The summed E-state index contributed by atoms with van der Waals surface area (Å²) in [6.07, 6.45) is 0. The van der Waals surface area contributed by atoms with Crippen LogP contribution in [0.4, 0.5) is 0 Å². The first-order chi connectivity index (χ1) is 9.01. The Bertz CT molecular complexity index is 649. The van der Waals surface area contributed by atoms with Crippen molar-refractivity contribution >= 4 is 32.9 Å². The van der Waals surface area contributed by atoms with Crippen molar-refractivity contribution in [3.8, 4) is 5.88 Å². The van der Waals surface area contributed by atoms with Crippen molar-refractivity contribution in [2.75, 3.05) is 13.7 Å². The number of methoxy groups -OCH3 is 1. The van der Waals surface area contributed by atoms with E-state index in [-0.39, 0.29) is 5.97 Å². The second-order valence-electron chi connectivity index (χ2n) is 4.09. The van der Waals surface area contributed by atoms with E-state index in [1.54, 1.807) is 14.0 Å². The van der Waals surface area contributed by atoms with Gasteiger partial charge in [-0.25, -0.2) is 9.78 Å². The van der Waals surface area contributed by atoms with Gasteiger partial charge >= 0.3 is 5.97 Å². The van der Waals surface area contributed by atoms with Crippen molar-refractivity contribution in [2.45, 2.75) is 13.8 Å². The summed E-state index contributed by atoms with van der Waals surface area (Å²) in [6, 6.07) is 1.89. The lowest BCUT2D eigenvalue weighted by Crippen LogP contribution is -2.07. The molecule has 2 aromatic rings. The number of carbonyl (C=O) groups is 1. The average Bonchev–Trinajstić information content (AvgIpc) is 2.61. The number of ether oxygens (including phenoxy) is 2. The zero-order valence-electron chi connectivity index (χ0n) is 11.3. The number of pyridine rings is 1. The Morgan fingerprint density at radius 2 is 2.21 bits per heavy atom. The van der Waals surface area contributed by atoms with Gasteiger partial charge in [0.1, 0.15) is 11.1 Å². The molecule has 0 spiro atoms. The molecule has 0 aromatic carbocycles. The minimum atomic E-state index is -0.359. The van der Waals surface area contributed by atoms with E-state index in [9.17, 15) is 4.79 Å². The van der Waals surface area contributed by atoms with E-state index in [0.29, 0.717) is 23.6 Å². The third-order valence-electron chi connectivity index (χ3n) is 3.06. The van der Waals surface area contributed by atoms with Crippen LogP contribution in [0.25, 0.3) is 11.0 Å². The highest BCUT2D eigenvalue weighted by molar-refractivity contribution is 9.10. The van der Waals surface area contributed by atoms with Crippen LogP contribution in [0, 0.1) is 6.92 Å². The van der Waals surface area contributed by atoms with Crippen LogP contribution in [-0.2, 0) is 11.8 Å². The molecule has 6 heteroatoms. The summed E-state index contributed by atoms with van der Waals surface area (Å²) in [4.78, 5) is 16.4. The Morgan fingerprint density at radius 1 is 1.53 bits per heavy atom. The zero-order chi connectivity index (χ0) is 14.2. The Morgan fingerprint density at radius 3 is 2.79 bits per heavy atom. The number of aryl methyl sites for hydroxylation is 1. The van der Waals surface area contributed by atoms with Crippen LogP contribution >= 0.6 is 15.9 Å². The first-order valence-corrected chi connectivity index (χ1v) is 6.67. The lowest BCUT2D eigenvalue weighted by atomic mass is 10.2. The first-order valence-electron chi connectivity index (χ1n) is 5.87. The maximum absolute atomic E-state index is 12.0. The van der Waals surface area contributed by atoms with Gasteiger partial charge in [-0.05, 0) is 35.8 Å².